The Bertz CT molecular complexity index is 1160. The number of anilines is 2. The van der Waals surface area contributed by atoms with E-state index in [2.05, 4.69) is 21.7 Å². The quantitative estimate of drug-likeness (QED) is 0.341. The molecular weight excluding hydrogens is 405 g/mol. The zero-order valence-corrected chi connectivity index (χ0v) is 17.3. The average Bonchev–Trinajstić information content (AvgIpc) is 3.36. The van der Waals surface area contributed by atoms with Gasteiger partial charge in [-0.1, -0.05) is 23.2 Å². The average molecular weight is 426 g/mol. The number of ether oxygens (including phenoxy) is 1. The zero-order valence-electron chi connectivity index (χ0n) is 15.8. The molecule has 0 amide bonds. The molecule has 3 N–H and O–H groups in total. The van der Waals surface area contributed by atoms with Crippen LogP contribution < -0.4 is 15.4 Å². The first-order chi connectivity index (χ1) is 14.2. The van der Waals surface area contributed by atoms with Crippen molar-refractivity contribution in [2.45, 2.75) is 18.9 Å². The Balaban J connectivity index is 1.57. The number of hydrogen-bond acceptors (Lipinski definition) is 3. The van der Waals surface area contributed by atoms with E-state index < -0.39 is 0 Å². The van der Waals surface area contributed by atoms with Crippen LogP contribution in [0.5, 0.6) is 5.75 Å². The minimum absolute atomic E-state index is 0.400. The van der Waals surface area contributed by atoms with Gasteiger partial charge >= 0.3 is 0 Å². The maximum atomic E-state index is 6.27. The highest BCUT2D eigenvalue weighted by molar-refractivity contribution is 6.32. The van der Waals surface area contributed by atoms with Gasteiger partial charge in [0.15, 0.2) is 0 Å². The number of nitrogens with one attached hydrogen (secondary N) is 3. The molecule has 1 atom stereocenters. The zero-order chi connectivity index (χ0) is 19.8. The summed E-state index contributed by atoms with van der Waals surface area (Å²) in [4.78, 5) is 3.50. The summed E-state index contributed by atoms with van der Waals surface area (Å²) in [6.45, 7) is 1.71. The van der Waals surface area contributed by atoms with Gasteiger partial charge in [-0.3, -0.25) is 0 Å². The minimum Gasteiger partial charge on any atom is -0.490 e. The third-order valence-corrected chi connectivity index (χ3v) is 5.86. The standard InChI is InChI=1S/C23H21Cl2N3O/c24-14-3-6-16(7-4-14)27-18-11-20-19-10-15(25)5-8-21(19)28-23(20)22(12-18)29-13-17-2-1-9-26-17/h3-8,10-12,17,26-28H,1-2,9,13H2. The van der Waals surface area contributed by atoms with E-state index in [0.717, 1.165) is 51.9 Å². The van der Waals surface area contributed by atoms with Gasteiger partial charge in [0.1, 0.15) is 12.4 Å². The van der Waals surface area contributed by atoms with E-state index in [-0.39, 0.29) is 0 Å². The summed E-state index contributed by atoms with van der Waals surface area (Å²) in [7, 11) is 0. The number of aromatic amines is 1. The molecule has 1 aliphatic heterocycles. The van der Waals surface area contributed by atoms with E-state index in [0.29, 0.717) is 22.7 Å². The summed E-state index contributed by atoms with van der Waals surface area (Å²) in [6, 6.07) is 18.1. The van der Waals surface area contributed by atoms with Crippen LogP contribution >= 0.6 is 23.2 Å². The first kappa shape index (κ1) is 18.6. The van der Waals surface area contributed by atoms with Crippen molar-refractivity contribution >= 4 is 56.4 Å². The van der Waals surface area contributed by atoms with Crippen LogP contribution in [0.25, 0.3) is 21.8 Å². The maximum absolute atomic E-state index is 6.27. The Morgan fingerprint density at radius 3 is 2.55 bits per heavy atom. The molecule has 3 aromatic carbocycles. The van der Waals surface area contributed by atoms with E-state index in [1.165, 1.54) is 6.42 Å². The second kappa shape index (κ2) is 7.79. The van der Waals surface area contributed by atoms with Crippen LogP contribution in [0.2, 0.25) is 10.0 Å². The molecule has 1 fully saturated rings. The van der Waals surface area contributed by atoms with Gasteiger partial charge in [0.05, 0.1) is 5.52 Å². The molecule has 6 heteroatoms. The van der Waals surface area contributed by atoms with Crippen molar-refractivity contribution < 1.29 is 4.74 Å². The number of H-pyrrole nitrogens is 1. The highest BCUT2D eigenvalue weighted by Gasteiger charge is 2.17. The van der Waals surface area contributed by atoms with Crippen LogP contribution in [-0.2, 0) is 0 Å². The lowest BCUT2D eigenvalue weighted by molar-refractivity contribution is 0.280. The molecule has 0 aliphatic carbocycles. The van der Waals surface area contributed by atoms with E-state index >= 15 is 0 Å². The lowest BCUT2D eigenvalue weighted by Crippen LogP contribution is -2.28. The number of rotatable bonds is 5. The second-order valence-electron chi connectivity index (χ2n) is 7.45. The van der Waals surface area contributed by atoms with Crippen molar-refractivity contribution in [1.82, 2.24) is 10.3 Å². The molecule has 1 unspecified atom stereocenters. The van der Waals surface area contributed by atoms with Crippen molar-refractivity contribution in [2.24, 2.45) is 0 Å². The molecule has 0 spiro atoms. The van der Waals surface area contributed by atoms with E-state index in [1.54, 1.807) is 0 Å². The summed E-state index contributed by atoms with van der Waals surface area (Å²) < 4.78 is 6.27. The number of benzene rings is 3. The van der Waals surface area contributed by atoms with Crippen molar-refractivity contribution in [3.63, 3.8) is 0 Å². The van der Waals surface area contributed by atoms with Gasteiger partial charge in [0.2, 0.25) is 0 Å². The maximum Gasteiger partial charge on any atom is 0.145 e. The minimum atomic E-state index is 0.400. The van der Waals surface area contributed by atoms with Crippen molar-refractivity contribution in [1.29, 1.82) is 0 Å². The van der Waals surface area contributed by atoms with Crippen LogP contribution in [0.4, 0.5) is 11.4 Å². The Hall–Kier alpha value is -2.40. The summed E-state index contributed by atoms with van der Waals surface area (Å²) in [5, 5.41) is 10.5. The lowest BCUT2D eigenvalue weighted by atomic mass is 10.1. The molecule has 0 bridgehead atoms. The monoisotopic (exact) mass is 425 g/mol. The first-order valence-corrected chi connectivity index (χ1v) is 10.5. The molecule has 1 aliphatic rings. The van der Waals surface area contributed by atoms with Crippen LogP contribution in [0.15, 0.2) is 54.6 Å². The Morgan fingerprint density at radius 2 is 1.76 bits per heavy atom. The van der Waals surface area contributed by atoms with Crippen LogP contribution in [0.1, 0.15) is 12.8 Å². The highest BCUT2D eigenvalue weighted by atomic mass is 35.5. The molecule has 1 aromatic heterocycles. The SMILES string of the molecule is Clc1ccc(Nc2cc(OCC3CCCN3)c3[nH]c4ccc(Cl)cc4c3c2)cc1. The number of halogens is 2. The normalized spacial score (nSPS) is 16.6. The van der Waals surface area contributed by atoms with Crippen molar-refractivity contribution in [3.8, 4) is 5.75 Å². The van der Waals surface area contributed by atoms with Gasteiger partial charge in [-0.25, -0.2) is 0 Å². The predicted molar refractivity (Wildman–Crippen MR) is 122 cm³/mol. The smallest absolute Gasteiger partial charge is 0.145 e. The molecule has 4 aromatic rings. The van der Waals surface area contributed by atoms with Crippen molar-refractivity contribution in [3.05, 3.63) is 64.6 Å². The van der Waals surface area contributed by atoms with E-state index in [1.807, 2.05) is 48.5 Å². The van der Waals surface area contributed by atoms with Crippen LogP contribution in [0.3, 0.4) is 0 Å². The molecule has 1 saturated heterocycles. The fraction of sp³-hybridized carbons (Fsp3) is 0.217. The summed E-state index contributed by atoms with van der Waals surface area (Å²) in [5.41, 5.74) is 3.95. The van der Waals surface area contributed by atoms with Gasteiger partial charge in [-0.05, 0) is 67.9 Å². The third kappa shape index (κ3) is 3.88. The Morgan fingerprint density at radius 1 is 0.931 bits per heavy atom. The Kier molecular flexibility index (Phi) is 5.00. The van der Waals surface area contributed by atoms with Gasteiger partial charge in [-0.15, -0.1) is 0 Å². The van der Waals surface area contributed by atoms with Gasteiger partial charge < -0.3 is 20.4 Å². The molecular formula is C23H21Cl2N3O. The number of fused-ring (bicyclic) bond motifs is 3. The van der Waals surface area contributed by atoms with Gasteiger partial charge in [0, 0.05) is 49.8 Å². The first-order valence-electron chi connectivity index (χ1n) is 9.79. The number of aromatic nitrogens is 1. The fourth-order valence-electron chi connectivity index (χ4n) is 3.92. The largest absolute Gasteiger partial charge is 0.490 e. The molecule has 4 nitrogen and oxygen atoms in total. The predicted octanol–water partition coefficient (Wildman–Crippen LogP) is 6.50. The molecule has 5 rings (SSSR count). The van der Waals surface area contributed by atoms with Crippen LogP contribution in [0, 0.1) is 0 Å². The summed E-state index contributed by atoms with van der Waals surface area (Å²) in [6.07, 6.45) is 2.35. The molecule has 0 radical (unpaired) electrons. The molecule has 148 valence electrons. The molecule has 29 heavy (non-hydrogen) atoms. The lowest BCUT2D eigenvalue weighted by Gasteiger charge is -2.15. The van der Waals surface area contributed by atoms with E-state index in [4.69, 9.17) is 27.9 Å². The molecule has 0 saturated carbocycles. The summed E-state index contributed by atoms with van der Waals surface area (Å²) >= 11 is 12.3. The topological polar surface area (TPSA) is 49.1 Å². The van der Waals surface area contributed by atoms with Crippen LogP contribution in [-0.4, -0.2) is 24.2 Å². The van der Waals surface area contributed by atoms with Gasteiger partial charge in [-0.2, -0.15) is 0 Å². The molecule has 2 heterocycles. The summed E-state index contributed by atoms with van der Waals surface area (Å²) in [5.74, 6) is 0.833. The second-order valence-corrected chi connectivity index (χ2v) is 8.32. The van der Waals surface area contributed by atoms with Gasteiger partial charge in [0.25, 0.3) is 0 Å². The Labute approximate surface area is 179 Å². The van der Waals surface area contributed by atoms with Crippen molar-refractivity contribution in [2.75, 3.05) is 18.5 Å². The third-order valence-electron chi connectivity index (χ3n) is 5.37. The highest BCUT2D eigenvalue weighted by Crippen LogP contribution is 2.37. The number of hydrogen-bond donors (Lipinski definition) is 3. The van der Waals surface area contributed by atoms with E-state index in [9.17, 15) is 0 Å². The fourth-order valence-corrected chi connectivity index (χ4v) is 4.21.